The molecule has 0 unspecified atom stereocenters. The second-order valence-corrected chi connectivity index (χ2v) is 5.74. The van der Waals surface area contributed by atoms with Crippen LogP contribution in [0, 0.1) is 0 Å². The molecule has 0 spiro atoms. The molecule has 1 aliphatic rings. The highest BCUT2D eigenvalue weighted by atomic mass is 16.7. The molecular formula is C16H23N3O3. The van der Waals surface area contributed by atoms with E-state index in [0.717, 1.165) is 23.4 Å². The van der Waals surface area contributed by atoms with Gasteiger partial charge in [-0.3, -0.25) is 4.79 Å². The molecule has 1 amide bonds. The molecule has 22 heavy (non-hydrogen) atoms. The molecule has 120 valence electrons. The Morgan fingerprint density at radius 2 is 2.23 bits per heavy atom. The lowest BCUT2D eigenvalue weighted by atomic mass is 10.0. The molecule has 0 fully saturated rings. The summed E-state index contributed by atoms with van der Waals surface area (Å²) in [5.74, 6) is 0.709. The zero-order valence-electron chi connectivity index (χ0n) is 13.3. The van der Waals surface area contributed by atoms with Gasteiger partial charge in [-0.25, -0.2) is 0 Å². The third-order valence-corrected chi connectivity index (χ3v) is 3.50. The van der Waals surface area contributed by atoms with Gasteiger partial charge in [0.1, 0.15) is 5.75 Å². The number of methoxy groups -OCH3 is 1. The second-order valence-electron chi connectivity index (χ2n) is 5.74. The van der Waals surface area contributed by atoms with Gasteiger partial charge in [-0.1, -0.05) is 23.4 Å². The Balaban J connectivity index is 1.70. The molecule has 0 saturated heterocycles. The summed E-state index contributed by atoms with van der Waals surface area (Å²) in [7, 11) is 1.62. The quantitative estimate of drug-likeness (QED) is 0.800. The molecule has 2 rings (SSSR count). The maximum atomic E-state index is 11.9. The normalized spacial score (nSPS) is 20.2. The molecule has 0 radical (unpaired) electrons. The van der Waals surface area contributed by atoms with Crippen molar-refractivity contribution in [2.75, 3.05) is 20.2 Å². The number of para-hydroxylation sites is 1. The SMILES string of the molecule is COc1ccccc1CNC(=O)CNC[C@]1(C)CC(C)=NO1. The molecule has 6 nitrogen and oxygen atoms in total. The Bertz CT molecular complexity index is 559. The molecule has 1 aromatic carbocycles. The Kier molecular flexibility index (Phi) is 5.38. The highest BCUT2D eigenvalue weighted by molar-refractivity contribution is 5.83. The number of carbonyl (C=O) groups is 1. The predicted octanol–water partition coefficient (Wildman–Crippen LogP) is 1.46. The van der Waals surface area contributed by atoms with Crippen molar-refractivity contribution < 1.29 is 14.4 Å². The van der Waals surface area contributed by atoms with Crippen LogP contribution in [0.4, 0.5) is 0 Å². The number of hydrogen-bond acceptors (Lipinski definition) is 5. The zero-order chi connectivity index (χ0) is 16.0. The average molecular weight is 305 g/mol. The number of amides is 1. The summed E-state index contributed by atoms with van der Waals surface area (Å²) in [6.07, 6.45) is 0.781. The van der Waals surface area contributed by atoms with E-state index in [1.54, 1.807) is 7.11 Å². The van der Waals surface area contributed by atoms with E-state index < -0.39 is 0 Å². The fraction of sp³-hybridized carbons (Fsp3) is 0.500. The van der Waals surface area contributed by atoms with E-state index >= 15 is 0 Å². The third kappa shape index (κ3) is 4.46. The van der Waals surface area contributed by atoms with E-state index in [4.69, 9.17) is 9.57 Å². The largest absolute Gasteiger partial charge is 0.496 e. The predicted molar refractivity (Wildman–Crippen MR) is 84.9 cm³/mol. The highest BCUT2D eigenvalue weighted by Gasteiger charge is 2.32. The van der Waals surface area contributed by atoms with Crippen LogP contribution in [-0.2, 0) is 16.2 Å². The van der Waals surface area contributed by atoms with Gasteiger partial charge in [0.2, 0.25) is 5.91 Å². The number of hydrogen-bond donors (Lipinski definition) is 2. The summed E-state index contributed by atoms with van der Waals surface area (Å²) in [6, 6.07) is 7.63. The van der Waals surface area contributed by atoms with E-state index in [1.807, 2.05) is 38.1 Å². The Morgan fingerprint density at radius 1 is 1.45 bits per heavy atom. The second kappa shape index (κ2) is 7.26. The molecule has 0 saturated carbocycles. The lowest BCUT2D eigenvalue weighted by Crippen LogP contribution is -2.42. The van der Waals surface area contributed by atoms with E-state index in [1.165, 1.54) is 0 Å². The minimum absolute atomic E-state index is 0.0647. The van der Waals surface area contributed by atoms with Crippen LogP contribution in [0.5, 0.6) is 5.75 Å². The Labute approximate surface area is 130 Å². The molecule has 0 bridgehead atoms. The van der Waals surface area contributed by atoms with Gasteiger partial charge in [0.05, 0.1) is 19.4 Å². The number of nitrogens with one attached hydrogen (secondary N) is 2. The van der Waals surface area contributed by atoms with Crippen molar-refractivity contribution in [3.05, 3.63) is 29.8 Å². The number of carbonyl (C=O) groups excluding carboxylic acids is 1. The Hall–Kier alpha value is -2.08. The lowest BCUT2D eigenvalue weighted by Gasteiger charge is -2.21. The topological polar surface area (TPSA) is 72.0 Å². The first-order chi connectivity index (χ1) is 10.5. The summed E-state index contributed by atoms with van der Waals surface area (Å²) in [5.41, 5.74) is 1.57. The van der Waals surface area contributed by atoms with Crippen LogP contribution in [0.3, 0.4) is 0 Å². The molecule has 6 heteroatoms. The Morgan fingerprint density at radius 3 is 2.91 bits per heavy atom. The first-order valence-corrected chi connectivity index (χ1v) is 7.33. The van der Waals surface area contributed by atoms with E-state index in [-0.39, 0.29) is 18.1 Å². The zero-order valence-corrected chi connectivity index (χ0v) is 13.3. The van der Waals surface area contributed by atoms with Gasteiger partial charge in [-0.2, -0.15) is 0 Å². The van der Waals surface area contributed by atoms with Crippen molar-refractivity contribution >= 4 is 11.6 Å². The van der Waals surface area contributed by atoms with Crippen molar-refractivity contribution in [2.45, 2.75) is 32.4 Å². The van der Waals surface area contributed by atoms with Crippen molar-refractivity contribution in [3.8, 4) is 5.75 Å². The number of ether oxygens (including phenoxy) is 1. The summed E-state index contributed by atoms with van der Waals surface area (Å²) in [5, 5.41) is 9.93. The minimum Gasteiger partial charge on any atom is -0.496 e. The van der Waals surface area contributed by atoms with Crippen molar-refractivity contribution in [2.24, 2.45) is 5.16 Å². The summed E-state index contributed by atoms with van der Waals surface area (Å²) in [4.78, 5) is 17.2. The average Bonchev–Trinajstić information content (AvgIpc) is 2.85. The number of nitrogens with zero attached hydrogens (tertiary/aromatic N) is 1. The van der Waals surface area contributed by atoms with Gasteiger partial charge in [-0.15, -0.1) is 0 Å². The van der Waals surface area contributed by atoms with E-state index in [2.05, 4.69) is 15.8 Å². The number of benzene rings is 1. The first-order valence-electron chi connectivity index (χ1n) is 7.33. The standard InChI is InChI=1S/C16H23N3O3/c1-12-8-16(2,22-19-12)11-17-10-15(20)18-9-13-6-4-5-7-14(13)21-3/h4-7,17H,8-11H2,1-3H3,(H,18,20)/t16-/m0/s1. The van der Waals surface area contributed by atoms with Gasteiger partial charge in [-0.05, 0) is 19.9 Å². The van der Waals surface area contributed by atoms with Crippen molar-refractivity contribution in [3.63, 3.8) is 0 Å². The fourth-order valence-electron chi connectivity index (χ4n) is 2.43. The number of oxime groups is 1. The van der Waals surface area contributed by atoms with Crippen LogP contribution >= 0.6 is 0 Å². The molecule has 0 aliphatic carbocycles. The molecule has 2 N–H and O–H groups in total. The van der Waals surface area contributed by atoms with E-state index in [0.29, 0.717) is 13.1 Å². The van der Waals surface area contributed by atoms with Crippen LogP contribution in [0.1, 0.15) is 25.8 Å². The molecule has 1 heterocycles. The van der Waals surface area contributed by atoms with Crippen LogP contribution in [0.25, 0.3) is 0 Å². The van der Waals surface area contributed by atoms with Gasteiger partial charge in [0, 0.05) is 25.1 Å². The number of rotatable bonds is 7. The highest BCUT2D eigenvalue weighted by Crippen LogP contribution is 2.22. The van der Waals surface area contributed by atoms with Crippen LogP contribution in [-0.4, -0.2) is 37.4 Å². The van der Waals surface area contributed by atoms with Crippen LogP contribution < -0.4 is 15.4 Å². The molecule has 1 atom stereocenters. The fourth-order valence-corrected chi connectivity index (χ4v) is 2.43. The molecule has 0 aromatic heterocycles. The molecule has 1 aliphatic heterocycles. The molecule has 1 aromatic rings. The molecular weight excluding hydrogens is 282 g/mol. The minimum atomic E-state index is -0.354. The van der Waals surface area contributed by atoms with Gasteiger partial charge < -0.3 is 20.2 Å². The smallest absolute Gasteiger partial charge is 0.234 e. The van der Waals surface area contributed by atoms with E-state index in [9.17, 15) is 4.79 Å². The van der Waals surface area contributed by atoms with Gasteiger partial charge in [0.25, 0.3) is 0 Å². The monoisotopic (exact) mass is 305 g/mol. The summed E-state index contributed by atoms with van der Waals surface area (Å²) < 4.78 is 5.25. The van der Waals surface area contributed by atoms with Gasteiger partial charge >= 0.3 is 0 Å². The van der Waals surface area contributed by atoms with Crippen LogP contribution in [0.2, 0.25) is 0 Å². The third-order valence-electron chi connectivity index (χ3n) is 3.50. The maximum absolute atomic E-state index is 11.9. The summed E-state index contributed by atoms with van der Waals surface area (Å²) >= 11 is 0. The van der Waals surface area contributed by atoms with Gasteiger partial charge in [0.15, 0.2) is 5.60 Å². The summed E-state index contributed by atoms with van der Waals surface area (Å²) in [6.45, 7) is 5.18. The maximum Gasteiger partial charge on any atom is 0.234 e. The van der Waals surface area contributed by atoms with Crippen molar-refractivity contribution in [1.82, 2.24) is 10.6 Å². The first kappa shape index (κ1) is 16.3. The lowest BCUT2D eigenvalue weighted by molar-refractivity contribution is -0.120. The van der Waals surface area contributed by atoms with Crippen molar-refractivity contribution in [1.29, 1.82) is 0 Å². The van der Waals surface area contributed by atoms with Crippen LogP contribution in [0.15, 0.2) is 29.4 Å².